The summed E-state index contributed by atoms with van der Waals surface area (Å²) in [5.74, 6) is 0. The Morgan fingerprint density at radius 2 is 2.10 bits per heavy atom. The third kappa shape index (κ3) is 6.01. The van der Waals surface area contributed by atoms with Crippen molar-refractivity contribution in [2.75, 3.05) is 27.2 Å². The number of nitrogens with two attached hydrogens (primary N) is 1. The first-order valence-corrected chi connectivity index (χ1v) is 3.69. The molecule has 0 bridgehead atoms. The highest BCUT2D eigenvalue weighted by Gasteiger charge is 2.03. The standard InChI is InChI=1S/C7H18N2O/c1-9(2)6-7(10)4-3-5-8/h7,10H,3-6,8H2,1-2H3. The van der Waals surface area contributed by atoms with Crippen LogP contribution in [0.4, 0.5) is 0 Å². The number of rotatable bonds is 5. The van der Waals surface area contributed by atoms with Gasteiger partial charge in [-0.15, -0.1) is 0 Å². The second kappa shape index (κ2) is 5.65. The predicted molar refractivity (Wildman–Crippen MR) is 42.8 cm³/mol. The summed E-state index contributed by atoms with van der Waals surface area (Å²) < 4.78 is 0. The van der Waals surface area contributed by atoms with Crippen molar-refractivity contribution in [3.63, 3.8) is 0 Å². The van der Waals surface area contributed by atoms with Crippen molar-refractivity contribution < 1.29 is 5.11 Å². The molecule has 0 fully saturated rings. The second-order valence-corrected chi connectivity index (χ2v) is 2.85. The highest BCUT2D eigenvalue weighted by atomic mass is 16.3. The summed E-state index contributed by atoms with van der Waals surface area (Å²) in [6.07, 6.45) is 1.52. The van der Waals surface area contributed by atoms with Gasteiger partial charge in [-0.25, -0.2) is 0 Å². The van der Waals surface area contributed by atoms with Gasteiger partial charge in [0.1, 0.15) is 0 Å². The van der Waals surface area contributed by atoms with E-state index < -0.39 is 0 Å². The summed E-state index contributed by atoms with van der Waals surface area (Å²) in [5.41, 5.74) is 5.28. The van der Waals surface area contributed by atoms with Crippen LogP contribution in [0.3, 0.4) is 0 Å². The van der Waals surface area contributed by atoms with E-state index in [1.54, 1.807) is 0 Å². The van der Waals surface area contributed by atoms with Crippen molar-refractivity contribution in [3.05, 3.63) is 0 Å². The van der Waals surface area contributed by atoms with Crippen LogP contribution in [-0.4, -0.2) is 43.3 Å². The Balaban J connectivity index is 3.16. The maximum atomic E-state index is 9.25. The number of hydrogen-bond donors (Lipinski definition) is 2. The topological polar surface area (TPSA) is 49.5 Å². The zero-order valence-electron chi connectivity index (χ0n) is 6.88. The number of aliphatic hydroxyl groups excluding tert-OH is 1. The molecule has 3 N–H and O–H groups in total. The smallest absolute Gasteiger partial charge is 0.0667 e. The van der Waals surface area contributed by atoms with Gasteiger partial charge < -0.3 is 15.7 Å². The molecule has 0 aromatic heterocycles. The van der Waals surface area contributed by atoms with Gasteiger partial charge in [0.15, 0.2) is 0 Å². The molecule has 0 aromatic carbocycles. The Morgan fingerprint density at radius 3 is 2.50 bits per heavy atom. The Labute approximate surface area is 62.8 Å². The third-order valence-corrected chi connectivity index (χ3v) is 1.32. The van der Waals surface area contributed by atoms with Gasteiger partial charge in [0.25, 0.3) is 0 Å². The first kappa shape index (κ1) is 9.88. The van der Waals surface area contributed by atoms with Gasteiger partial charge >= 0.3 is 0 Å². The molecule has 1 unspecified atom stereocenters. The van der Waals surface area contributed by atoms with E-state index in [0.717, 1.165) is 19.4 Å². The van der Waals surface area contributed by atoms with Crippen LogP contribution in [0.15, 0.2) is 0 Å². The van der Waals surface area contributed by atoms with Crippen LogP contribution in [0.5, 0.6) is 0 Å². The van der Waals surface area contributed by atoms with Gasteiger partial charge in [-0.1, -0.05) is 0 Å². The van der Waals surface area contributed by atoms with Crippen LogP contribution in [-0.2, 0) is 0 Å². The Kier molecular flexibility index (Phi) is 5.58. The zero-order chi connectivity index (χ0) is 7.98. The van der Waals surface area contributed by atoms with Crippen LogP contribution in [0.1, 0.15) is 12.8 Å². The molecule has 0 spiro atoms. The maximum Gasteiger partial charge on any atom is 0.0667 e. The molecule has 0 radical (unpaired) electrons. The monoisotopic (exact) mass is 146 g/mol. The molecular weight excluding hydrogens is 128 g/mol. The Hall–Kier alpha value is -0.120. The molecule has 0 aromatic rings. The van der Waals surface area contributed by atoms with Gasteiger partial charge in [0.05, 0.1) is 6.10 Å². The molecule has 62 valence electrons. The molecule has 0 aliphatic heterocycles. The lowest BCUT2D eigenvalue weighted by molar-refractivity contribution is 0.127. The van der Waals surface area contributed by atoms with Crippen molar-refractivity contribution >= 4 is 0 Å². The van der Waals surface area contributed by atoms with E-state index in [9.17, 15) is 5.11 Å². The lowest BCUT2D eigenvalue weighted by Gasteiger charge is -2.14. The van der Waals surface area contributed by atoms with Crippen LogP contribution in [0, 0.1) is 0 Å². The van der Waals surface area contributed by atoms with E-state index in [-0.39, 0.29) is 6.10 Å². The Bertz CT molecular complexity index is 76.0. The van der Waals surface area contributed by atoms with Crippen LogP contribution >= 0.6 is 0 Å². The summed E-state index contributed by atoms with van der Waals surface area (Å²) in [4.78, 5) is 1.97. The lowest BCUT2D eigenvalue weighted by Crippen LogP contribution is -2.26. The van der Waals surface area contributed by atoms with Crippen LogP contribution in [0.25, 0.3) is 0 Å². The minimum absolute atomic E-state index is 0.210. The van der Waals surface area contributed by atoms with Gasteiger partial charge in [-0.05, 0) is 33.5 Å². The molecule has 0 aliphatic carbocycles. The summed E-state index contributed by atoms with van der Waals surface area (Å²) in [6, 6.07) is 0. The molecule has 3 nitrogen and oxygen atoms in total. The largest absolute Gasteiger partial charge is 0.392 e. The zero-order valence-corrected chi connectivity index (χ0v) is 6.88. The van der Waals surface area contributed by atoms with Gasteiger partial charge in [-0.2, -0.15) is 0 Å². The minimum Gasteiger partial charge on any atom is -0.392 e. The average Bonchev–Trinajstić information content (AvgIpc) is 1.82. The second-order valence-electron chi connectivity index (χ2n) is 2.85. The number of aliphatic hydroxyl groups is 1. The SMILES string of the molecule is CN(C)CC(O)CCCN. The van der Waals surface area contributed by atoms with Gasteiger partial charge in [-0.3, -0.25) is 0 Å². The quantitative estimate of drug-likeness (QED) is 0.557. The molecule has 0 saturated carbocycles. The van der Waals surface area contributed by atoms with Crippen molar-refractivity contribution in [3.8, 4) is 0 Å². The molecule has 1 atom stereocenters. The molecule has 0 rings (SSSR count). The fraction of sp³-hybridized carbons (Fsp3) is 1.00. The summed E-state index contributed by atoms with van der Waals surface area (Å²) in [6.45, 7) is 1.41. The molecule has 0 heterocycles. The fourth-order valence-electron chi connectivity index (χ4n) is 0.866. The molecule has 3 heteroatoms. The first-order valence-electron chi connectivity index (χ1n) is 3.69. The maximum absolute atomic E-state index is 9.25. The normalized spacial score (nSPS) is 14.1. The molecule has 10 heavy (non-hydrogen) atoms. The first-order chi connectivity index (χ1) is 4.66. The van der Waals surface area contributed by atoms with E-state index in [2.05, 4.69) is 0 Å². The van der Waals surface area contributed by atoms with E-state index in [4.69, 9.17) is 5.73 Å². The van der Waals surface area contributed by atoms with E-state index in [0.29, 0.717) is 6.54 Å². The number of likely N-dealkylation sites (N-methyl/N-ethyl adjacent to an activating group) is 1. The number of hydrogen-bond acceptors (Lipinski definition) is 3. The van der Waals surface area contributed by atoms with Crippen molar-refractivity contribution in [2.45, 2.75) is 18.9 Å². The fourth-order valence-corrected chi connectivity index (χ4v) is 0.866. The van der Waals surface area contributed by atoms with E-state index >= 15 is 0 Å². The minimum atomic E-state index is -0.210. The lowest BCUT2D eigenvalue weighted by atomic mass is 10.2. The summed E-state index contributed by atoms with van der Waals surface area (Å²) >= 11 is 0. The highest BCUT2D eigenvalue weighted by Crippen LogP contribution is 1.95. The van der Waals surface area contributed by atoms with Crippen molar-refractivity contribution in [1.29, 1.82) is 0 Å². The molecule has 0 amide bonds. The van der Waals surface area contributed by atoms with E-state index in [1.807, 2.05) is 19.0 Å². The predicted octanol–water partition coefficient (Wildman–Crippen LogP) is -0.352. The van der Waals surface area contributed by atoms with E-state index in [1.165, 1.54) is 0 Å². The average molecular weight is 146 g/mol. The third-order valence-electron chi connectivity index (χ3n) is 1.32. The van der Waals surface area contributed by atoms with Crippen LogP contribution in [0.2, 0.25) is 0 Å². The summed E-state index contributed by atoms with van der Waals surface area (Å²) in [5, 5.41) is 9.25. The van der Waals surface area contributed by atoms with Crippen molar-refractivity contribution in [1.82, 2.24) is 4.90 Å². The Morgan fingerprint density at radius 1 is 1.50 bits per heavy atom. The van der Waals surface area contributed by atoms with Gasteiger partial charge in [0.2, 0.25) is 0 Å². The summed E-state index contributed by atoms with van der Waals surface area (Å²) in [7, 11) is 3.90. The van der Waals surface area contributed by atoms with Crippen LogP contribution < -0.4 is 5.73 Å². The van der Waals surface area contributed by atoms with Crippen molar-refractivity contribution in [2.24, 2.45) is 5.73 Å². The molecular formula is C7H18N2O. The number of nitrogens with zero attached hydrogens (tertiary/aromatic N) is 1. The van der Waals surface area contributed by atoms with Gasteiger partial charge in [0, 0.05) is 6.54 Å². The highest BCUT2D eigenvalue weighted by molar-refractivity contribution is 4.58. The molecule has 0 saturated heterocycles. The molecule has 0 aliphatic rings.